The maximum Gasteiger partial charge on any atom is 0.126 e. The van der Waals surface area contributed by atoms with Gasteiger partial charge in [0.05, 0.1) is 11.4 Å². The minimum Gasteiger partial charge on any atom is -0.364 e. The van der Waals surface area contributed by atoms with Crippen molar-refractivity contribution >= 4 is 5.69 Å². The molecule has 3 heterocycles. The molecule has 0 bridgehead atoms. The number of benzene rings is 3. The topological polar surface area (TPSA) is 32.3 Å². The molecule has 230 valence electrons. The number of likely N-dealkylation sites (tertiary alicyclic amines) is 1. The average Bonchev–Trinajstić information content (AvgIpc) is 3.03. The lowest BCUT2D eigenvalue weighted by molar-refractivity contribution is 0.201. The Morgan fingerprint density at radius 2 is 1.24 bits per heavy atom. The van der Waals surface area contributed by atoms with Crippen LogP contribution in [0.5, 0.6) is 0 Å². The number of halogens is 2. The van der Waals surface area contributed by atoms with E-state index in [1.807, 2.05) is 18.3 Å². The SMILES string of the molecule is Cc1ccc(N(Cc2ccnc(-c3cc(C)c(C)c(C)c3)c2)C2CCN(Cc3ccnc(-c4cc(F)cc(F)c4)c3)CC2)cc1. The van der Waals surface area contributed by atoms with E-state index in [1.54, 1.807) is 6.20 Å². The molecule has 0 atom stereocenters. The van der Waals surface area contributed by atoms with Crippen molar-refractivity contribution in [1.29, 1.82) is 0 Å². The van der Waals surface area contributed by atoms with Gasteiger partial charge in [-0.1, -0.05) is 17.7 Å². The third kappa shape index (κ3) is 7.29. The van der Waals surface area contributed by atoms with Gasteiger partial charge in [0, 0.05) is 67.5 Å². The van der Waals surface area contributed by atoms with Gasteiger partial charge < -0.3 is 4.90 Å². The highest BCUT2D eigenvalue weighted by atomic mass is 19.1. The van der Waals surface area contributed by atoms with Crippen LogP contribution in [0.3, 0.4) is 0 Å². The Kier molecular flexibility index (Phi) is 9.04. The molecule has 0 spiro atoms. The summed E-state index contributed by atoms with van der Waals surface area (Å²) in [6.07, 6.45) is 5.73. The smallest absolute Gasteiger partial charge is 0.126 e. The van der Waals surface area contributed by atoms with Gasteiger partial charge in [-0.15, -0.1) is 0 Å². The first-order valence-electron chi connectivity index (χ1n) is 15.7. The Balaban J connectivity index is 1.18. The molecule has 0 amide bonds. The molecule has 1 saturated heterocycles. The Morgan fingerprint density at radius 1 is 0.689 bits per heavy atom. The number of piperidine rings is 1. The summed E-state index contributed by atoms with van der Waals surface area (Å²) >= 11 is 0. The van der Waals surface area contributed by atoms with E-state index in [4.69, 9.17) is 4.98 Å². The summed E-state index contributed by atoms with van der Waals surface area (Å²) in [6.45, 7) is 12.1. The van der Waals surface area contributed by atoms with Gasteiger partial charge in [0.1, 0.15) is 11.6 Å². The number of hydrogen-bond acceptors (Lipinski definition) is 4. The van der Waals surface area contributed by atoms with Gasteiger partial charge in [-0.05, 0) is 129 Å². The van der Waals surface area contributed by atoms with E-state index in [2.05, 4.69) is 91.0 Å². The summed E-state index contributed by atoms with van der Waals surface area (Å²) in [7, 11) is 0. The summed E-state index contributed by atoms with van der Waals surface area (Å²) in [5.74, 6) is -1.19. The molecule has 6 heteroatoms. The van der Waals surface area contributed by atoms with E-state index in [1.165, 1.54) is 45.6 Å². The fourth-order valence-electron chi connectivity index (χ4n) is 6.36. The van der Waals surface area contributed by atoms with Gasteiger partial charge in [-0.25, -0.2) is 8.78 Å². The standard InChI is InChI=1S/C39H40F2N4/c1-26-5-7-36(8-6-26)45(25-31-10-14-42-38(20-31)32-17-27(2)29(4)28(3)18-32)37-11-15-44(16-12-37)24-30-9-13-43-39(19-30)33-21-34(40)23-35(41)22-33/h5-10,13-14,17-23,37H,11-12,15-16,24-25H2,1-4H3. The van der Waals surface area contributed by atoms with Crippen LogP contribution in [0.15, 0.2) is 91.3 Å². The first-order valence-corrected chi connectivity index (χ1v) is 15.7. The predicted octanol–water partition coefficient (Wildman–Crippen LogP) is 8.99. The maximum atomic E-state index is 13.8. The Morgan fingerprint density at radius 3 is 1.87 bits per heavy atom. The Labute approximate surface area is 265 Å². The van der Waals surface area contributed by atoms with Gasteiger partial charge in [0.2, 0.25) is 0 Å². The van der Waals surface area contributed by atoms with E-state index in [-0.39, 0.29) is 0 Å². The van der Waals surface area contributed by atoms with Crippen LogP contribution in [-0.2, 0) is 13.1 Å². The molecular formula is C39H40F2N4. The molecule has 45 heavy (non-hydrogen) atoms. The van der Waals surface area contributed by atoms with Crippen LogP contribution < -0.4 is 4.90 Å². The quantitative estimate of drug-likeness (QED) is 0.177. The van der Waals surface area contributed by atoms with Crippen molar-refractivity contribution in [2.45, 2.75) is 59.7 Å². The van der Waals surface area contributed by atoms with Gasteiger partial charge in [-0.2, -0.15) is 0 Å². The number of rotatable bonds is 8. The van der Waals surface area contributed by atoms with Gasteiger partial charge in [0.15, 0.2) is 0 Å². The molecule has 3 aromatic carbocycles. The molecule has 1 aliphatic heterocycles. The summed E-state index contributed by atoms with van der Waals surface area (Å²) in [5.41, 5.74) is 11.9. The average molecular weight is 603 g/mol. The van der Waals surface area contributed by atoms with Crippen LogP contribution >= 0.6 is 0 Å². The summed E-state index contributed by atoms with van der Waals surface area (Å²) in [4.78, 5) is 14.1. The zero-order valence-electron chi connectivity index (χ0n) is 26.5. The lowest BCUT2D eigenvalue weighted by Crippen LogP contribution is -2.44. The molecule has 5 aromatic rings. The first kappa shape index (κ1) is 30.6. The largest absolute Gasteiger partial charge is 0.364 e. The minimum atomic E-state index is -0.597. The maximum absolute atomic E-state index is 13.8. The Hall–Kier alpha value is -4.42. The van der Waals surface area contributed by atoms with Crippen LogP contribution in [0.1, 0.15) is 46.2 Å². The highest BCUT2D eigenvalue weighted by Gasteiger charge is 2.26. The fourth-order valence-corrected chi connectivity index (χ4v) is 6.36. The third-order valence-electron chi connectivity index (χ3n) is 9.15. The van der Waals surface area contributed by atoms with Crippen LogP contribution in [0.25, 0.3) is 22.5 Å². The molecule has 0 aliphatic carbocycles. The molecule has 4 nitrogen and oxygen atoms in total. The summed E-state index contributed by atoms with van der Waals surface area (Å²) in [6, 6.07) is 25.6. The molecule has 0 saturated carbocycles. The number of nitrogens with zero attached hydrogens (tertiary/aromatic N) is 4. The molecular weight excluding hydrogens is 562 g/mol. The monoisotopic (exact) mass is 602 g/mol. The second kappa shape index (κ2) is 13.3. The first-order chi connectivity index (χ1) is 21.7. The van der Waals surface area contributed by atoms with Gasteiger partial charge in [0.25, 0.3) is 0 Å². The molecule has 0 radical (unpaired) electrons. The number of aromatic nitrogens is 2. The highest BCUT2D eigenvalue weighted by molar-refractivity contribution is 5.64. The van der Waals surface area contributed by atoms with E-state index >= 15 is 0 Å². The third-order valence-corrected chi connectivity index (χ3v) is 9.15. The molecule has 1 aliphatic rings. The molecule has 0 N–H and O–H groups in total. The normalized spacial score (nSPS) is 14.1. The van der Waals surface area contributed by atoms with Crippen molar-refractivity contribution < 1.29 is 8.78 Å². The zero-order chi connectivity index (χ0) is 31.5. The fraction of sp³-hybridized carbons (Fsp3) is 0.282. The van der Waals surface area contributed by atoms with E-state index in [9.17, 15) is 8.78 Å². The number of anilines is 1. The van der Waals surface area contributed by atoms with Crippen molar-refractivity contribution in [2.75, 3.05) is 18.0 Å². The van der Waals surface area contributed by atoms with Gasteiger partial charge in [-0.3, -0.25) is 14.9 Å². The van der Waals surface area contributed by atoms with Crippen molar-refractivity contribution in [3.8, 4) is 22.5 Å². The second-order valence-electron chi connectivity index (χ2n) is 12.5. The van der Waals surface area contributed by atoms with E-state index in [0.717, 1.165) is 61.9 Å². The lowest BCUT2D eigenvalue weighted by atomic mass is 9.97. The van der Waals surface area contributed by atoms with E-state index in [0.29, 0.717) is 17.3 Å². The van der Waals surface area contributed by atoms with Gasteiger partial charge >= 0.3 is 0 Å². The summed E-state index contributed by atoms with van der Waals surface area (Å²) in [5, 5.41) is 0. The number of hydrogen-bond donors (Lipinski definition) is 0. The minimum absolute atomic E-state index is 0.396. The van der Waals surface area contributed by atoms with Crippen molar-refractivity contribution in [2.24, 2.45) is 0 Å². The summed E-state index contributed by atoms with van der Waals surface area (Å²) < 4.78 is 27.7. The lowest BCUT2D eigenvalue weighted by Gasteiger charge is -2.40. The molecule has 1 fully saturated rings. The van der Waals surface area contributed by atoms with E-state index < -0.39 is 11.6 Å². The van der Waals surface area contributed by atoms with Crippen molar-refractivity contribution in [1.82, 2.24) is 14.9 Å². The zero-order valence-corrected chi connectivity index (χ0v) is 26.5. The second-order valence-corrected chi connectivity index (χ2v) is 12.5. The van der Waals surface area contributed by atoms with Crippen LogP contribution in [-0.4, -0.2) is 34.0 Å². The van der Waals surface area contributed by atoms with Crippen molar-refractivity contribution in [3.05, 3.63) is 136 Å². The number of pyridine rings is 2. The van der Waals surface area contributed by atoms with Crippen LogP contribution in [0, 0.1) is 39.3 Å². The molecule has 2 aromatic heterocycles. The van der Waals surface area contributed by atoms with Crippen molar-refractivity contribution in [3.63, 3.8) is 0 Å². The Bertz CT molecular complexity index is 1750. The molecule has 0 unspecified atom stereocenters. The number of aryl methyl sites for hydroxylation is 3. The molecule has 6 rings (SSSR count). The van der Waals surface area contributed by atoms with Crippen LogP contribution in [0.2, 0.25) is 0 Å². The highest BCUT2D eigenvalue weighted by Crippen LogP contribution is 2.29. The van der Waals surface area contributed by atoms with Crippen LogP contribution in [0.4, 0.5) is 14.5 Å². The predicted molar refractivity (Wildman–Crippen MR) is 179 cm³/mol.